The zero-order chi connectivity index (χ0) is 12.1. The molecule has 1 unspecified atom stereocenters. The average Bonchev–Trinajstić information content (AvgIpc) is 2.49. The van der Waals surface area contributed by atoms with E-state index in [-0.39, 0.29) is 0 Å². The Labute approximate surface area is 98.0 Å². The van der Waals surface area contributed by atoms with Crippen LogP contribution in [0.15, 0.2) is 0 Å². The molecule has 4 heteroatoms. The van der Waals surface area contributed by atoms with Crippen molar-refractivity contribution < 1.29 is 4.74 Å². The summed E-state index contributed by atoms with van der Waals surface area (Å²) in [7, 11) is 3.73. The molecular formula is C12H23N3O. The summed E-state index contributed by atoms with van der Waals surface area (Å²) in [6.45, 7) is 7.96. The molecule has 1 atom stereocenters. The van der Waals surface area contributed by atoms with Gasteiger partial charge in [0, 0.05) is 38.0 Å². The van der Waals surface area contributed by atoms with E-state index in [0.717, 1.165) is 25.3 Å². The summed E-state index contributed by atoms with van der Waals surface area (Å²) in [5.74, 6) is 0. The molecule has 16 heavy (non-hydrogen) atoms. The molecule has 0 amide bonds. The molecule has 1 heterocycles. The molecule has 0 aliphatic carbocycles. The lowest BCUT2D eigenvalue weighted by Crippen LogP contribution is -2.32. The predicted octanol–water partition coefficient (Wildman–Crippen LogP) is 1.55. The maximum absolute atomic E-state index is 5.17. The van der Waals surface area contributed by atoms with E-state index in [9.17, 15) is 0 Å². The van der Waals surface area contributed by atoms with Crippen molar-refractivity contribution >= 4 is 0 Å². The zero-order valence-corrected chi connectivity index (χ0v) is 11.0. The van der Waals surface area contributed by atoms with Gasteiger partial charge in [-0.3, -0.25) is 4.68 Å². The van der Waals surface area contributed by atoms with Crippen molar-refractivity contribution in [2.75, 3.05) is 13.7 Å². The first-order valence-electron chi connectivity index (χ1n) is 5.81. The van der Waals surface area contributed by atoms with E-state index in [1.807, 2.05) is 11.7 Å². The number of methoxy groups -OCH3 is 1. The molecular weight excluding hydrogens is 202 g/mol. The van der Waals surface area contributed by atoms with Gasteiger partial charge in [0.15, 0.2) is 0 Å². The third kappa shape index (κ3) is 3.06. The largest absolute Gasteiger partial charge is 0.383 e. The zero-order valence-electron chi connectivity index (χ0n) is 11.0. The third-order valence-electron chi connectivity index (χ3n) is 3.09. The maximum atomic E-state index is 5.17. The predicted molar refractivity (Wildman–Crippen MR) is 65.5 cm³/mol. The van der Waals surface area contributed by atoms with Crippen LogP contribution < -0.4 is 5.32 Å². The fourth-order valence-electron chi connectivity index (χ4n) is 1.84. The van der Waals surface area contributed by atoms with Gasteiger partial charge in [-0.1, -0.05) is 6.92 Å². The first-order chi connectivity index (χ1) is 7.60. The lowest BCUT2D eigenvalue weighted by atomic mass is 10.1. The van der Waals surface area contributed by atoms with E-state index in [0.29, 0.717) is 6.04 Å². The van der Waals surface area contributed by atoms with Crippen LogP contribution in [0.2, 0.25) is 0 Å². The van der Waals surface area contributed by atoms with Crippen molar-refractivity contribution in [2.45, 2.75) is 39.8 Å². The van der Waals surface area contributed by atoms with Crippen LogP contribution in [-0.2, 0) is 18.3 Å². The molecule has 4 nitrogen and oxygen atoms in total. The van der Waals surface area contributed by atoms with Gasteiger partial charge in [-0.2, -0.15) is 5.10 Å². The van der Waals surface area contributed by atoms with Crippen molar-refractivity contribution in [1.29, 1.82) is 0 Å². The summed E-state index contributed by atoms with van der Waals surface area (Å²) < 4.78 is 7.10. The Balaban J connectivity index is 2.59. The summed E-state index contributed by atoms with van der Waals surface area (Å²) in [5.41, 5.74) is 3.65. The van der Waals surface area contributed by atoms with E-state index in [4.69, 9.17) is 4.74 Å². The van der Waals surface area contributed by atoms with Gasteiger partial charge in [0.05, 0.1) is 12.3 Å². The molecule has 0 radical (unpaired) electrons. The smallest absolute Gasteiger partial charge is 0.0641 e. The number of ether oxygens (including phenoxy) is 1. The monoisotopic (exact) mass is 225 g/mol. The topological polar surface area (TPSA) is 39.1 Å². The molecule has 1 aromatic rings. The van der Waals surface area contributed by atoms with E-state index < -0.39 is 0 Å². The molecule has 0 saturated heterocycles. The molecule has 0 aromatic carbocycles. The number of rotatable bonds is 6. The molecule has 1 aromatic heterocycles. The molecule has 1 N–H and O–H groups in total. The quantitative estimate of drug-likeness (QED) is 0.798. The molecule has 0 aliphatic rings. The van der Waals surface area contributed by atoms with Gasteiger partial charge in [-0.25, -0.2) is 0 Å². The van der Waals surface area contributed by atoms with Crippen LogP contribution in [0.25, 0.3) is 0 Å². The number of hydrogen-bond donors (Lipinski definition) is 1. The van der Waals surface area contributed by atoms with Crippen LogP contribution >= 0.6 is 0 Å². The highest BCUT2D eigenvalue weighted by Crippen LogP contribution is 2.11. The summed E-state index contributed by atoms with van der Waals surface area (Å²) in [6, 6.07) is 0.420. The number of nitrogens with one attached hydrogen (secondary N) is 1. The lowest BCUT2D eigenvalue weighted by molar-refractivity contribution is 0.163. The maximum Gasteiger partial charge on any atom is 0.0641 e. The van der Waals surface area contributed by atoms with E-state index in [2.05, 4.69) is 31.2 Å². The Kier molecular flexibility index (Phi) is 4.96. The first-order valence-corrected chi connectivity index (χ1v) is 5.81. The Bertz CT molecular complexity index is 333. The first kappa shape index (κ1) is 13.2. The van der Waals surface area contributed by atoms with E-state index in [1.54, 1.807) is 7.11 Å². The van der Waals surface area contributed by atoms with Gasteiger partial charge >= 0.3 is 0 Å². The van der Waals surface area contributed by atoms with Gasteiger partial charge in [-0.15, -0.1) is 0 Å². The normalized spacial score (nSPS) is 13.1. The van der Waals surface area contributed by atoms with Gasteiger partial charge in [-0.05, 0) is 20.3 Å². The highest BCUT2D eigenvalue weighted by molar-refractivity contribution is 5.24. The minimum absolute atomic E-state index is 0.420. The van der Waals surface area contributed by atoms with Gasteiger partial charge in [0.1, 0.15) is 0 Å². The number of aryl methyl sites for hydroxylation is 2. The summed E-state index contributed by atoms with van der Waals surface area (Å²) in [5, 5.41) is 7.91. The molecule has 0 bridgehead atoms. The third-order valence-corrected chi connectivity index (χ3v) is 3.09. The number of aromatic nitrogens is 2. The van der Waals surface area contributed by atoms with Crippen LogP contribution in [0.5, 0.6) is 0 Å². The van der Waals surface area contributed by atoms with Gasteiger partial charge in [0.25, 0.3) is 0 Å². The minimum atomic E-state index is 0.420. The Morgan fingerprint density at radius 2 is 2.12 bits per heavy atom. The second-order valence-electron chi connectivity index (χ2n) is 4.21. The molecule has 0 aliphatic heterocycles. The summed E-state index contributed by atoms with van der Waals surface area (Å²) in [4.78, 5) is 0. The second-order valence-corrected chi connectivity index (χ2v) is 4.21. The highest BCUT2D eigenvalue weighted by Gasteiger charge is 2.11. The Morgan fingerprint density at radius 3 is 2.56 bits per heavy atom. The van der Waals surface area contributed by atoms with Crippen LogP contribution in [0.1, 0.15) is 30.3 Å². The molecule has 92 valence electrons. The van der Waals surface area contributed by atoms with Gasteiger partial charge < -0.3 is 10.1 Å². The average molecular weight is 225 g/mol. The van der Waals surface area contributed by atoms with E-state index >= 15 is 0 Å². The van der Waals surface area contributed by atoms with Crippen LogP contribution in [0, 0.1) is 13.8 Å². The Hall–Kier alpha value is -0.870. The van der Waals surface area contributed by atoms with Crippen molar-refractivity contribution in [3.8, 4) is 0 Å². The minimum Gasteiger partial charge on any atom is -0.383 e. The number of nitrogens with zero attached hydrogens (tertiary/aromatic N) is 2. The van der Waals surface area contributed by atoms with Crippen LogP contribution in [0.4, 0.5) is 0 Å². The number of hydrogen-bond acceptors (Lipinski definition) is 3. The molecule has 0 saturated carbocycles. The molecule has 0 fully saturated rings. The standard InChI is InChI=1S/C12H23N3O/c1-6-11(8-16-5)13-7-12-9(2)14-15(4)10(12)3/h11,13H,6-8H2,1-5H3. The van der Waals surface area contributed by atoms with Crippen molar-refractivity contribution in [1.82, 2.24) is 15.1 Å². The van der Waals surface area contributed by atoms with Crippen molar-refractivity contribution in [3.63, 3.8) is 0 Å². The lowest BCUT2D eigenvalue weighted by Gasteiger charge is -2.15. The summed E-state index contributed by atoms with van der Waals surface area (Å²) >= 11 is 0. The van der Waals surface area contributed by atoms with E-state index in [1.165, 1.54) is 11.3 Å². The van der Waals surface area contributed by atoms with Crippen LogP contribution in [0.3, 0.4) is 0 Å². The highest BCUT2D eigenvalue weighted by atomic mass is 16.5. The fourth-order valence-corrected chi connectivity index (χ4v) is 1.84. The second kappa shape index (κ2) is 6.01. The van der Waals surface area contributed by atoms with Crippen LogP contribution in [-0.4, -0.2) is 29.5 Å². The molecule has 1 rings (SSSR count). The van der Waals surface area contributed by atoms with Gasteiger partial charge in [0.2, 0.25) is 0 Å². The molecule has 0 spiro atoms. The fraction of sp³-hybridized carbons (Fsp3) is 0.750. The van der Waals surface area contributed by atoms with Crippen molar-refractivity contribution in [3.05, 3.63) is 17.0 Å². The Morgan fingerprint density at radius 1 is 1.44 bits per heavy atom. The van der Waals surface area contributed by atoms with Crippen molar-refractivity contribution in [2.24, 2.45) is 7.05 Å². The summed E-state index contributed by atoms with van der Waals surface area (Å²) in [6.07, 6.45) is 1.08. The SMILES string of the molecule is CCC(COC)NCc1c(C)nn(C)c1C.